The highest BCUT2D eigenvalue weighted by Crippen LogP contribution is 2.41. The Bertz CT molecular complexity index is 282. The molecule has 0 aromatic heterocycles. The van der Waals surface area contributed by atoms with Crippen molar-refractivity contribution >= 4 is 5.78 Å². The molecule has 0 aliphatic heterocycles. The van der Waals surface area contributed by atoms with E-state index in [1.165, 1.54) is 18.4 Å². The third-order valence-corrected chi connectivity index (χ3v) is 3.11. The van der Waals surface area contributed by atoms with Crippen LogP contribution in [0.3, 0.4) is 0 Å². The van der Waals surface area contributed by atoms with E-state index in [-0.39, 0.29) is 5.78 Å². The van der Waals surface area contributed by atoms with E-state index in [9.17, 15) is 4.79 Å². The molecule has 0 spiro atoms. The summed E-state index contributed by atoms with van der Waals surface area (Å²) in [4.78, 5) is 10.9. The Morgan fingerprint density at radius 1 is 1.57 bits per heavy atom. The van der Waals surface area contributed by atoms with Crippen molar-refractivity contribution in [2.24, 2.45) is 11.3 Å². The fraction of sp³-hybridized carbons (Fsp3) is 0.615. The fourth-order valence-electron chi connectivity index (χ4n) is 2.21. The van der Waals surface area contributed by atoms with E-state index in [0.717, 1.165) is 0 Å². The number of allylic oxidation sites excluding steroid dienone is 4. The van der Waals surface area contributed by atoms with Gasteiger partial charge in [-0.1, -0.05) is 31.6 Å². The summed E-state index contributed by atoms with van der Waals surface area (Å²) in [6.07, 6.45) is 8.43. The molecule has 0 aromatic rings. The Balaban J connectivity index is 2.86. The van der Waals surface area contributed by atoms with Crippen LogP contribution in [0.5, 0.6) is 0 Å². The van der Waals surface area contributed by atoms with Crippen LogP contribution in [-0.4, -0.2) is 5.78 Å². The van der Waals surface area contributed by atoms with Gasteiger partial charge < -0.3 is 0 Å². The maximum absolute atomic E-state index is 10.9. The van der Waals surface area contributed by atoms with Crippen LogP contribution in [0.15, 0.2) is 23.8 Å². The Morgan fingerprint density at radius 2 is 2.21 bits per heavy atom. The predicted octanol–water partition coefficient (Wildman–Crippen LogP) is 3.51. The highest BCUT2D eigenvalue weighted by Gasteiger charge is 2.30. The van der Waals surface area contributed by atoms with Crippen LogP contribution in [0.2, 0.25) is 0 Å². The largest absolute Gasteiger partial charge is 0.295 e. The van der Waals surface area contributed by atoms with Crippen LogP contribution < -0.4 is 0 Å². The standard InChI is InChI=1S/C13H20O/c1-10-6-5-9-13(3,4)12(10)8-7-11(2)14/h6-8,12H,5,9H2,1-4H3/b8-7-/t12-/m1/s1. The second kappa shape index (κ2) is 4.12. The van der Waals surface area contributed by atoms with Crippen molar-refractivity contribution in [2.45, 2.75) is 40.5 Å². The zero-order valence-electron chi connectivity index (χ0n) is 9.63. The van der Waals surface area contributed by atoms with Gasteiger partial charge in [-0.2, -0.15) is 0 Å². The van der Waals surface area contributed by atoms with E-state index in [1.807, 2.05) is 0 Å². The van der Waals surface area contributed by atoms with E-state index < -0.39 is 0 Å². The van der Waals surface area contributed by atoms with Crippen LogP contribution in [0.1, 0.15) is 40.5 Å². The van der Waals surface area contributed by atoms with Crippen LogP contribution >= 0.6 is 0 Å². The molecule has 0 N–H and O–H groups in total. The minimum Gasteiger partial charge on any atom is -0.295 e. The Kier molecular flexibility index (Phi) is 3.30. The lowest BCUT2D eigenvalue weighted by molar-refractivity contribution is -0.112. The van der Waals surface area contributed by atoms with E-state index in [2.05, 4.69) is 32.9 Å². The first-order chi connectivity index (χ1) is 6.43. The predicted molar refractivity (Wildman–Crippen MR) is 60.1 cm³/mol. The topological polar surface area (TPSA) is 17.1 Å². The highest BCUT2D eigenvalue weighted by molar-refractivity contribution is 5.87. The molecule has 1 aliphatic rings. The summed E-state index contributed by atoms with van der Waals surface area (Å²) in [7, 11) is 0. The second-order valence-corrected chi connectivity index (χ2v) is 4.92. The molecule has 1 nitrogen and oxygen atoms in total. The lowest BCUT2D eigenvalue weighted by atomic mass is 9.68. The Morgan fingerprint density at radius 3 is 2.71 bits per heavy atom. The maximum Gasteiger partial charge on any atom is 0.152 e. The number of ketones is 1. The molecule has 1 heteroatoms. The van der Waals surface area contributed by atoms with Gasteiger partial charge in [0.15, 0.2) is 5.78 Å². The summed E-state index contributed by atoms with van der Waals surface area (Å²) in [5.41, 5.74) is 1.70. The zero-order chi connectivity index (χ0) is 10.8. The minimum absolute atomic E-state index is 0.138. The molecule has 0 aromatic carbocycles. The monoisotopic (exact) mass is 192 g/mol. The highest BCUT2D eigenvalue weighted by atomic mass is 16.1. The van der Waals surface area contributed by atoms with Crippen LogP contribution in [0.4, 0.5) is 0 Å². The molecule has 1 atom stereocenters. The average Bonchev–Trinajstić information content (AvgIpc) is 2.01. The summed E-state index contributed by atoms with van der Waals surface area (Å²) < 4.78 is 0. The van der Waals surface area contributed by atoms with Gasteiger partial charge in [0.1, 0.15) is 0 Å². The minimum atomic E-state index is 0.138. The number of carbonyl (C=O) groups excluding carboxylic acids is 1. The number of hydrogen-bond acceptors (Lipinski definition) is 1. The molecule has 14 heavy (non-hydrogen) atoms. The normalized spacial score (nSPS) is 26.3. The first kappa shape index (κ1) is 11.2. The van der Waals surface area contributed by atoms with Crippen LogP contribution in [0.25, 0.3) is 0 Å². The third-order valence-electron chi connectivity index (χ3n) is 3.11. The quantitative estimate of drug-likeness (QED) is 0.483. The second-order valence-electron chi connectivity index (χ2n) is 4.92. The molecule has 0 heterocycles. The lowest BCUT2D eigenvalue weighted by Crippen LogP contribution is -2.26. The summed E-state index contributed by atoms with van der Waals surface area (Å²) >= 11 is 0. The molecular weight excluding hydrogens is 172 g/mol. The van der Waals surface area contributed by atoms with E-state index in [4.69, 9.17) is 0 Å². The van der Waals surface area contributed by atoms with Gasteiger partial charge in [0.05, 0.1) is 0 Å². The number of rotatable bonds is 2. The summed E-state index contributed by atoms with van der Waals surface area (Å²) in [5, 5.41) is 0. The van der Waals surface area contributed by atoms with E-state index in [1.54, 1.807) is 13.0 Å². The molecule has 78 valence electrons. The summed E-state index contributed by atoms with van der Waals surface area (Å²) in [5.74, 6) is 0.569. The van der Waals surface area contributed by atoms with Crippen molar-refractivity contribution in [2.75, 3.05) is 0 Å². The van der Waals surface area contributed by atoms with Gasteiger partial charge in [-0.3, -0.25) is 4.79 Å². The summed E-state index contributed by atoms with van der Waals surface area (Å²) in [6, 6.07) is 0. The molecule has 0 radical (unpaired) electrons. The van der Waals surface area contributed by atoms with Crippen LogP contribution in [0, 0.1) is 11.3 Å². The van der Waals surface area contributed by atoms with Crippen molar-refractivity contribution in [1.29, 1.82) is 0 Å². The van der Waals surface area contributed by atoms with Gasteiger partial charge >= 0.3 is 0 Å². The van der Waals surface area contributed by atoms with Crippen molar-refractivity contribution < 1.29 is 4.79 Å². The molecule has 0 saturated carbocycles. The SMILES string of the molecule is CC(=O)/C=C\[C@@H]1C(C)=CCCC1(C)C. The Hall–Kier alpha value is -0.850. The van der Waals surface area contributed by atoms with E-state index >= 15 is 0 Å². The van der Waals surface area contributed by atoms with E-state index in [0.29, 0.717) is 11.3 Å². The van der Waals surface area contributed by atoms with Gasteiger partial charge in [-0.15, -0.1) is 0 Å². The smallest absolute Gasteiger partial charge is 0.152 e. The van der Waals surface area contributed by atoms with Crippen molar-refractivity contribution in [3.8, 4) is 0 Å². The molecule has 1 rings (SSSR count). The molecular formula is C13H20O. The number of hydrogen-bond donors (Lipinski definition) is 0. The van der Waals surface area contributed by atoms with Crippen LogP contribution in [-0.2, 0) is 4.79 Å². The average molecular weight is 192 g/mol. The molecule has 0 bridgehead atoms. The van der Waals surface area contributed by atoms with Crippen molar-refractivity contribution in [3.05, 3.63) is 23.8 Å². The first-order valence-electron chi connectivity index (χ1n) is 5.29. The summed E-state index contributed by atoms with van der Waals surface area (Å²) in [6.45, 7) is 8.32. The number of carbonyl (C=O) groups is 1. The maximum atomic E-state index is 10.9. The molecule has 0 amide bonds. The van der Waals surface area contributed by atoms with Gasteiger partial charge in [0, 0.05) is 5.92 Å². The third kappa shape index (κ3) is 2.57. The Labute approximate surface area is 86.9 Å². The van der Waals surface area contributed by atoms with Crippen molar-refractivity contribution in [1.82, 2.24) is 0 Å². The fourth-order valence-corrected chi connectivity index (χ4v) is 2.21. The van der Waals surface area contributed by atoms with Gasteiger partial charge in [-0.25, -0.2) is 0 Å². The lowest BCUT2D eigenvalue weighted by Gasteiger charge is -2.36. The first-order valence-corrected chi connectivity index (χ1v) is 5.29. The van der Waals surface area contributed by atoms with Gasteiger partial charge in [-0.05, 0) is 38.2 Å². The van der Waals surface area contributed by atoms with Gasteiger partial charge in [0.25, 0.3) is 0 Å². The molecule has 1 aliphatic carbocycles. The zero-order valence-corrected chi connectivity index (χ0v) is 9.63. The van der Waals surface area contributed by atoms with Gasteiger partial charge in [0.2, 0.25) is 0 Å². The van der Waals surface area contributed by atoms with Crippen molar-refractivity contribution in [3.63, 3.8) is 0 Å². The molecule has 0 fully saturated rings. The molecule has 0 saturated heterocycles. The molecule has 0 unspecified atom stereocenters.